The number of carbonyl (C=O) groups is 3. The van der Waals surface area contributed by atoms with E-state index in [1.807, 2.05) is 43.3 Å². The van der Waals surface area contributed by atoms with E-state index in [4.69, 9.17) is 14.2 Å². The molecule has 0 aliphatic carbocycles. The second-order valence-electron chi connectivity index (χ2n) is 10.7. The molecule has 46 heavy (non-hydrogen) atoms. The third-order valence-corrected chi connectivity index (χ3v) is 10.2. The van der Waals surface area contributed by atoms with E-state index in [-0.39, 0.29) is 11.8 Å². The second-order valence-corrected chi connectivity index (χ2v) is 13.1. The van der Waals surface area contributed by atoms with Gasteiger partial charge in [0.25, 0.3) is 5.91 Å². The van der Waals surface area contributed by atoms with E-state index in [0.717, 1.165) is 28.4 Å². The van der Waals surface area contributed by atoms with Gasteiger partial charge in [0, 0.05) is 35.1 Å². The molecule has 2 N–H and O–H groups in total. The van der Waals surface area contributed by atoms with Crippen molar-refractivity contribution in [1.82, 2.24) is 4.90 Å². The van der Waals surface area contributed by atoms with Crippen molar-refractivity contribution in [3.63, 3.8) is 0 Å². The molecule has 1 atom stereocenters. The maximum absolute atomic E-state index is 13.6. The fourth-order valence-electron chi connectivity index (χ4n) is 5.43. The molecule has 0 saturated heterocycles. The SMILES string of the molecule is CCC(Sc1cccc(NC(=O)c2c(OC)cccc2OC)c1)C(=O)Nc1sc2c(c1C(=O)OC)CCN(Cc1ccccc1)C2. The van der Waals surface area contributed by atoms with Gasteiger partial charge in [0.15, 0.2) is 0 Å². The first-order valence-corrected chi connectivity index (χ1v) is 16.6. The molecule has 1 aliphatic rings. The molecule has 0 radical (unpaired) electrons. The van der Waals surface area contributed by atoms with Crippen molar-refractivity contribution in [2.24, 2.45) is 0 Å². The van der Waals surface area contributed by atoms with Gasteiger partial charge in [-0.25, -0.2) is 4.79 Å². The summed E-state index contributed by atoms with van der Waals surface area (Å²) in [6.07, 6.45) is 1.25. The smallest absolute Gasteiger partial charge is 0.341 e. The first-order valence-electron chi connectivity index (χ1n) is 14.9. The Morgan fingerprint density at radius 3 is 2.30 bits per heavy atom. The molecule has 240 valence electrons. The number of esters is 1. The zero-order valence-corrected chi connectivity index (χ0v) is 27.9. The van der Waals surface area contributed by atoms with Gasteiger partial charge in [-0.05, 0) is 54.3 Å². The molecule has 1 aliphatic heterocycles. The highest BCUT2D eigenvalue weighted by molar-refractivity contribution is 8.00. The molecule has 0 fully saturated rings. The monoisotopic (exact) mass is 659 g/mol. The molecule has 2 amide bonds. The average Bonchev–Trinajstić information content (AvgIpc) is 3.43. The average molecular weight is 660 g/mol. The van der Waals surface area contributed by atoms with Crippen molar-refractivity contribution >= 4 is 51.6 Å². The lowest BCUT2D eigenvalue weighted by molar-refractivity contribution is -0.115. The highest BCUT2D eigenvalue weighted by atomic mass is 32.2. The number of anilines is 2. The van der Waals surface area contributed by atoms with Crippen LogP contribution in [0, 0.1) is 0 Å². The molecule has 5 rings (SSSR count). The minimum atomic E-state index is -0.445. The Balaban J connectivity index is 1.29. The van der Waals surface area contributed by atoms with Crippen molar-refractivity contribution in [3.8, 4) is 11.5 Å². The fraction of sp³-hybridized carbons (Fsp3) is 0.286. The van der Waals surface area contributed by atoms with Crippen LogP contribution < -0.4 is 20.1 Å². The van der Waals surface area contributed by atoms with Gasteiger partial charge >= 0.3 is 5.97 Å². The number of thioether (sulfide) groups is 1. The lowest BCUT2D eigenvalue weighted by Gasteiger charge is -2.27. The topological polar surface area (TPSA) is 106 Å². The van der Waals surface area contributed by atoms with Crippen LogP contribution in [0.3, 0.4) is 0 Å². The predicted molar refractivity (Wildman–Crippen MR) is 182 cm³/mol. The second kappa shape index (κ2) is 15.3. The van der Waals surface area contributed by atoms with E-state index in [9.17, 15) is 14.4 Å². The van der Waals surface area contributed by atoms with Crippen LogP contribution in [0.15, 0.2) is 77.7 Å². The summed E-state index contributed by atoms with van der Waals surface area (Å²) in [6, 6.07) is 22.8. The molecule has 0 bridgehead atoms. The van der Waals surface area contributed by atoms with E-state index >= 15 is 0 Å². The number of hydrogen-bond donors (Lipinski definition) is 2. The number of thiophene rings is 1. The van der Waals surface area contributed by atoms with Gasteiger partial charge in [-0.15, -0.1) is 23.1 Å². The summed E-state index contributed by atoms with van der Waals surface area (Å²) < 4.78 is 15.9. The summed E-state index contributed by atoms with van der Waals surface area (Å²) >= 11 is 2.84. The Morgan fingerprint density at radius 1 is 0.913 bits per heavy atom. The normalized spacial score (nSPS) is 13.3. The number of hydrogen-bond acceptors (Lipinski definition) is 9. The van der Waals surface area contributed by atoms with Gasteiger partial charge in [-0.2, -0.15) is 0 Å². The number of nitrogens with zero attached hydrogens (tertiary/aromatic N) is 1. The minimum Gasteiger partial charge on any atom is -0.496 e. The van der Waals surface area contributed by atoms with E-state index < -0.39 is 11.2 Å². The predicted octanol–water partition coefficient (Wildman–Crippen LogP) is 6.87. The van der Waals surface area contributed by atoms with E-state index in [0.29, 0.717) is 52.7 Å². The van der Waals surface area contributed by atoms with Crippen molar-refractivity contribution < 1.29 is 28.6 Å². The maximum atomic E-state index is 13.6. The lowest BCUT2D eigenvalue weighted by Crippen LogP contribution is -2.30. The van der Waals surface area contributed by atoms with Crippen LogP contribution in [0.5, 0.6) is 11.5 Å². The quantitative estimate of drug-likeness (QED) is 0.125. The molecular weight excluding hydrogens is 623 g/mol. The zero-order chi connectivity index (χ0) is 32.6. The van der Waals surface area contributed by atoms with Crippen LogP contribution in [0.1, 0.15) is 50.1 Å². The summed E-state index contributed by atoms with van der Waals surface area (Å²) in [5, 5.41) is 6.05. The Morgan fingerprint density at radius 2 is 1.63 bits per heavy atom. The molecule has 11 heteroatoms. The number of fused-ring (bicyclic) bond motifs is 1. The molecule has 4 aromatic rings. The minimum absolute atomic E-state index is 0.203. The van der Waals surface area contributed by atoms with E-state index in [1.165, 1.54) is 50.0 Å². The Hall–Kier alpha value is -4.32. The van der Waals surface area contributed by atoms with E-state index in [1.54, 1.807) is 24.3 Å². The molecular formula is C35H37N3O6S2. The molecule has 1 unspecified atom stereocenters. The van der Waals surface area contributed by atoms with Crippen LogP contribution >= 0.6 is 23.1 Å². The van der Waals surface area contributed by atoms with Gasteiger partial charge in [-0.3, -0.25) is 14.5 Å². The molecule has 0 spiro atoms. The fourth-order valence-corrected chi connectivity index (χ4v) is 7.73. The maximum Gasteiger partial charge on any atom is 0.341 e. The largest absolute Gasteiger partial charge is 0.496 e. The first kappa shape index (κ1) is 33.1. The Bertz CT molecular complexity index is 1690. The highest BCUT2D eigenvalue weighted by Gasteiger charge is 2.30. The number of carbonyl (C=O) groups excluding carboxylic acids is 3. The number of ether oxygens (including phenoxy) is 3. The number of nitrogens with one attached hydrogen (secondary N) is 2. The number of rotatable bonds is 12. The molecule has 1 aromatic heterocycles. The number of benzene rings is 3. The van der Waals surface area contributed by atoms with Crippen LogP contribution in [-0.4, -0.2) is 55.8 Å². The van der Waals surface area contributed by atoms with Crippen LogP contribution in [-0.2, 0) is 29.0 Å². The van der Waals surface area contributed by atoms with Crippen LogP contribution in [0.4, 0.5) is 10.7 Å². The van der Waals surface area contributed by atoms with Crippen molar-refractivity contribution in [3.05, 3.63) is 99.9 Å². The third-order valence-electron chi connectivity index (χ3n) is 7.70. The first-order chi connectivity index (χ1) is 22.3. The third kappa shape index (κ3) is 7.55. The molecule has 2 heterocycles. The van der Waals surface area contributed by atoms with Crippen LogP contribution in [0.25, 0.3) is 0 Å². The van der Waals surface area contributed by atoms with E-state index in [2.05, 4.69) is 27.7 Å². The lowest BCUT2D eigenvalue weighted by atomic mass is 10.0. The number of methoxy groups -OCH3 is 3. The summed E-state index contributed by atoms with van der Waals surface area (Å²) in [6.45, 7) is 4.26. The zero-order valence-electron chi connectivity index (χ0n) is 26.3. The molecule has 3 aromatic carbocycles. The number of amides is 2. The molecule has 0 saturated carbocycles. The Kier molecular flexibility index (Phi) is 11.0. The summed E-state index contributed by atoms with van der Waals surface area (Å²) in [7, 11) is 4.36. The summed E-state index contributed by atoms with van der Waals surface area (Å²) in [4.78, 5) is 44.0. The van der Waals surface area contributed by atoms with Crippen molar-refractivity contribution in [2.75, 3.05) is 38.5 Å². The van der Waals surface area contributed by atoms with Gasteiger partial charge in [0.05, 0.1) is 32.1 Å². The van der Waals surface area contributed by atoms with Gasteiger partial charge in [0.1, 0.15) is 22.1 Å². The van der Waals surface area contributed by atoms with Gasteiger partial charge in [0.2, 0.25) is 5.91 Å². The Labute approximate surface area is 277 Å². The highest BCUT2D eigenvalue weighted by Crippen LogP contribution is 2.39. The van der Waals surface area contributed by atoms with Crippen molar-refractivity contribution in [1.29, 1.82) is 0 Å². The van der Waals surface area contributed by atoms with Gasteiger partial charge in [-0.1, -0.05) is 49.4 Å². The van der Waals surface area contributed by atoms with Gasteiger partial charge < -0.3 is 24.8 Å². The summed E-state index contributed by atoms with van der Waals surface area (Å²) in [5.74, 6) is -0.225. The van der Waals surface area contributed by atoms with Crippen LogP contribution in [0.2, 0.25) is 0 Å². The summed E-state index contributed by atoms with van der Waals surface area (Å²) in [5.41, 5.74) is 3.49. The standard InChI is InChI=1S/C35H37N3O6S2/c1-5-28(45-24-14-9-13-23(19-24)36-33(40)31-26(42-2)15-10-16-27(31)43-3)32(39)37-34-30(35(41)44-4)25-17-18-38(21-29(25)46-34)20-22-11-7-6-8-12-22/h6-16,19,28H,5,17-18,20-21H2,1-4H3,(H,36,40)(H,37,39). The molecule has 9 nitrogen and oxygen atoms in total. The van der Waals surface area contributed by atoms with Crippen molar-refractivity contribution in [2.45, 2.75) is 43.0 Å².